The van der Waals surface area contributed by atoms with Crippen molar-refractivity contribution in [2.75, 3.05) is 39.8 Å². The summed E-state index contributed by atoms with van der Waals surface area (Å²) in [5, 5.41) is 11.8. The van der Waals surface area contributed by atoms with E-state index in [4.69, 9.17) is 9.84 Å². The quantitative estimate of drug-likeness (QED) is 0.510. The number of nitrogens with zero attached hydrogens (tertiary/aromatic N) is 1. The number of carboxylic acids is 1. The molecular formula is C11H20N2O3. The van der Waals surface area contributed by atoms with E-state index < -0.39 is 5.97 Å². The Morgan fingerprint density at radius 2 is 2.44 bits per heavy atom. The van der Waals surface area contributed by atoms with Crippen molar-refractivity contribution in [2.45, 2.75) is 13.0 Å². The van der Waals surface area contributed by atoms with E-state index in [0.717, 1.165) is 26.2 Å². The van der Waals surface area contributed by atoms with Crippen LogP contribution in [0.2, 0.25) is 0 Å². The van der Waals surface area contributed by atoms with Crippen LogP contribution in [-0.4, -0.2) is 61.9 Å². The molecule has 2 N–H and O–H groups in total. The number of carboxylic acid groups (broad SMARTS) is 1. The molecule has 0 aliphatic carbocycles. The molecule has 1 saturated heterocycles. The normalized spacial score (nSPS) is 23.4. The molecule has 5 nitrogen and oxygen atoms in total. The van der Waals surface area contributed by atoms with E-state index in [1.54, 1.807) is 13.0 Å². The van der Waals surface area contributed by atoms with E-state index >= 15 is 0 Å². The van der Waals surface area contributed by atoms with Crippen molar-refractivity contribution in [1.29, 1.82) is 0 Å². The fraction of sp³-hybridized carbons (Fsp3) is 0.727. The van der Waals surface area contributed by atoms with E-state index in [-0.39, 0.29) is 6.10 Å². The summed E-state index contributed by atoms with van der Waals surface area (Å²) in [4.78, 5) is 12.7. The summed E-state index contributed by atoms with van der Waals surface area (Å²) in [6.45, 7) is 5.60. The smallest absolute Gasteiger partial charge is 0.330 e. The fourth-order valence-corrected chi connectivity index (χ4v) is 1.55. The van der Waals surface area contributed by atoms with Crippen molar-refractivity contribution in [1.82, 2.24) is 10.2 Å². The van der Waals surface area contributed by atoms with Gasteiger partial charge in [0.05, 0.1) is 12.7 Å². The lowest BCUT2D eigenvalue weighted by molar-refractivity contribution is -0.132. The predicted molar refractivity (Wildman–Crippen MR) is 61.5 cm³/mol. The summed E-state index contributed by atoms with van der Waals surface area (Å²) < 4.78 is 5.56. The minimum Gasteiger partial charge on any atom is -0.478 e. The van der Waals surface area contributed by atoms with Crippen LogP contribution >= 0.6 is 0 Å². The summed E-state index contributed by atoms with van der Waals surface area (Å²) in [5.74, 6) is -0.865. The SMILES string of the molecule is C/C(=C/CNCC1CN(C)CCO1)C(=O)O. The molecule has 1 heterocycles. The van der Waals surface area contributed by atoms with Gasteiger partial charge in [0.2, 0.25) is 0 Å². The molecule has 0 spiro atoms. The molecule has 5 heteroatoms. The van der Waals surface area contributed by atoms with Crippen molar-refractivity contribution < 1.29 is 14.6 Å². The monoisotopic (exact) mass is 228 g/mol. The number of nitrogens with one attached hydrogen (secondary N) is 1. The van der Waals surface area contributed by atoms with Crippen LogP contribution in [0.5, 0.6) is 0 Å². The van der Waals surface area contributed by atoms with Crippen molar-refractivity contribution in [3.05, 3.63) is 11.6 Å². The Kier molecular flexibility index (Phi) is 5.45. The van der Waals surface area contributed by atoms with E-state index in [0.29, 0.717) is 12.1 Å². The minimum absolute atomic E-state index is 0.206. The van der Waals surface area contributed by atoms with Crippen molar-refractivity contribution in [2.24, 2.45) is 0 Å². The van der Waals surface area contributed by atoms with Gasteiger partial charge in [-0.25, -0.2) is 4.79 Å². The highest BCUT2D eigenvalue weighted by Gasteiger charge is 2.16. The first-order chi connectivity index (χ1) is 7.59. The molecule has 0 bridgehead atoms. The maximum absolute atomic E-state index is 10.5. The molecule has 0 amide bonds. The molecule has 1 rings (SSSR count). The van der Waals surface area contributed by atoms with Gasteiger partial charge in [0, 0.05) is 31.8 Å². The molecule has 1 unspecified atom stereocenters. The molecular weight excluding hydrogens is 208 g/mol. The Labute approximate surface area is 96.1 Å². The summed E-state index contributed by atoms with van der Waals surface area (Å²) in [7, 11) is 2.07. The lowest BCUT2D eigenvalue weighted by atomic mass is 10.2. The van der Waals surface area contributed by atoms with Gasteiger partial charge in [0.25, 0.3) is 0 Å². The minimum atomic E-state index is -0.865. The summed E-state index contributed by atoms with van der Waals surface area (Å²) in [5.41, 5.74) is 0.370. The number of ether oxygens (including phenoxy) is 1. The highest BCUT2D eigenvalue weighted by molar-refractivity contribution is 5.85. The lowest BCUT2D eigenvalue weighted by Gasteiger charge is -2.30. The van der Waals surface area contributed by atoms with E-state index in [1.165, 1.54) is 0 Å². The number of aliphatic carboxylic acids is 1. The summed E-state index contributed by atoms with van der Waals surface area (Å²) >= 11 is 0. The second kappa shape index (κ2) is 6.62. The molecule has 1 aliphatic heterocycles. The zero-order chi connectivity index (χ0) is 12.0. The molecule has 1 fully saturated rings. The molecule has 0 aromatic carbocycles. The maximum Gasteiger partial charge on any atom is 0.330 e. The van der Waals surface area contributed by atoms with E-state index in [9.17, 15) is 4.79 Å². The Hall–Kier alpha value is -0.910. The largest absolute Gasteiger partial charge is 0.478 e. The third kappa shape index (κ3) is 4.74. The standard InChI is InChI=1S/C11H20N2O3/c1-9(11(14)15)3-4-12-7-10-8-13(2)5-6-16-10/h3,10,12H,4-8H2,1-2H3,(H,14,15)/b9-3-. The van der Waals surface area contributed by atoms with Crippen LogP contribution < -0.4 is 5.32 Å². The van der Waals surface area contributed by atoms with Crippen LogP contribution in [0.1, 0.15) is 6.92 Å². The van der Waals surface area contributed by atoms with Crippen LogP contribution in [0.4, 0.5) is 0 Å². The van der Waals surface area contributed by atoms with Crippen LogP contribution in [0.15, 0.2) is 11.6 Å². The Morgan fingerprint density at radius 1 is 1.69 bits per heavy atom. The first-order valence-corrected chi connectivity index (χ1v) is 5.50. The number of likely N-dealkylation sites (N-methyl/N-ethyl adjacent to an activating group) is 1. The molecule has 1 atom stereocenters. The third-order valence-corrected chi connectivity index (χ3v) is 2.60. The highest BCUT2D eigenvalue weighted by Crippen LogP contribution is 2.01. The van der Waals surface area contributed by atoms with Gasteiger partial charge in [-0.3, -0.25) is 0 Å². The Morgan fingerprint density at radius 3 is 3.06 bits per heavy atom. The molecule has 92 valence electrons. The van der Waals surface area contributed by atoms with Gasteiger partial charge in [-0.2, -0.15) is 0 Å². The van der Waals surface area contributed by atoms with Crippen molar-refractivity contribution >= 4 is 5.97 Å². The third-order valence-electron chi connectivity index (χ3n) is 2.60. The fourth-order valence-electron chi connectivity index (χ4n) is 1.55. The molecule has 0 saturated carbocycles. The second-order valence-corrected chi connectivity index (χ2v) is 4.11. The summed E-state index contributed by atoms with van der Waals surface area (Å²) in [6.07, 6.45) is 1.88. The number of rotatable bonds is 5. The number of hydrogen-bond donors (Lipinski definition) is 2. The van der Waals surface area contributed by atoms with Crippen LogP contribution in [0, 0.1) is 0 Å². The van der Waals surface area contributed by atoms with E-state index in [2.05, 4.69) is 17.3 Å². The Bertz CT molecular complexity index is 266. The van der Waals surface area contributed by atoms with Gasteiger partial charge >= 0.3 is 5.97 Å². The topological polar surface area (TPSA) is 61.8 Å². The van der Waals surface area contributed by atoms with Crippen molar-refractivity contribution in [3.63, 3.8) is 0 Å². The van der Waals surface area contributed by atoms with Crippen LogP contribution in [-0.2, 0) is 9.53 Å². The zero-order valence-electron chi connectivity index (χ0n) is 9.90. The first-order valence-electron chi connectivity index (χ1n) is 5.50. The van der Waals surface area contributed by atoms with Gasteiger partial charge in [-0.15, -0.1) is 0 Å². The molecule has 0 aromatic rings. The van der Waals surface area contributed by atoms with Crippen molar-refractivity contribution in [3.8, 4) is 0 Å². The van der Waals surface area contributed by atoms with E-state index in [1.807, 2.05) is 0 Å². The van der Waals surface area contributed by atoms with Crippen LogP contribution in [0.3, 0.4) is 0 Å². The molecule has 0 aromatic heterocycles. The van der Waals surface area contributed by atoms with Gasteiger partial charge in [0.15, 0.2) is 0 Å². The second-order valence-electron chi connectivity index (χ2n) is 4.11. The zero-order valence-corrected chi connectivity index (χ0v) is 9.90. The lowest BCUT2D eigenvalue weighted by Crippen LogP contribution is -2.44. The Balaban J connectivity index is 2.15. The summed E-state index contributed by atoms with van der Waals surface area (Å²) in [6, 6.07) is 0. The maximum atomic E-state index is 10.5. The number of carbonyl (C=O) groups is 1. The average molecular weight is 228 g/mol. The molecule has 16 heavy (non-hydrogen) atoms. The number of hydrogen-bond acceptors (Lipinski definition) is 4. The number of morpholine rings is 1. The first kappa shape index (κ1) is 13.2. The average Bonchev–Trinajstić information content (AvgIpc) is 2.24. The van der Waals surface area contributed by atoms with Gasteiger partial charge in [0.1, 0.15) is 0 Å². The predicted octanol–water partition coefficient (Wildman–Crippen LogP) is -0.0625. The molecule has 1 aliphatic rings. The van der Waals surface area contributed by atoms with Gasteiger partial charge in [-0.1, -0.05) is 6.08 Å². The molecule has 0 radical (unpaired) electrons. The van der Waals surface area contributed by atoms with Gasteiger partial charge in [-0.05, 0) is 14.0 Å². The highest BCUT2D eigenvalue weighted by atomic mass is 16.5. The van der Waals surface area contributed by atoms with Crippen LogP contribution in [0.25, 0.3) is 0 Å². The van der Waals surface area contributed by atoms with Gasteiger partial charge < -0.3 is 20.1 Å².